The van der Waals surface area contributed by atoms with Crippen molar-refractivity contribution in [1.82, 2.24) is 5.06 Å². The van der Waals surface area contributed by atoms with E-state index in [1.807, 2.05) is 0 Å². The molecular weight excluding hydrogens is 378 g/mol. The van der Waals surface area contributed by atoms with E-state index in [9.17, 15) is 23.2 Å². The molecule has 0 spiro atoms. The number of rotatable bonds is 5. The molecule has 10 nitrogen and oxygen atoms in total. The molecule has 11 heteroatoms. The molecule has 142 valence electrons. The fraction of sp³-hybridized carbons (Fsp3) is 0.125. The molecule has 27 heavy (non-hydrogen) atoms. The molecule has 1 aliphatic rings. The van der Waals surface area contributed by atoms with E-state index in [4.69, 9.17) is 9.49 Å². The normalized spacial score (nSPS) is 13.7. The third kappa shape index (κ3) is 3.36. The van der Waals surface area contributed by atoms with Crippen LogP contribution in [0, 0.1) is 5.21 Å². The molecule has 1 aliphatic heterocycles. The molecule has 0 radical (unpaired) electrons. The van der Waals surface area contributed by atoms with E-state index in [1.54, 1.807) is 25.1 Å². The van der Waals surface area contributed by atoms with Crippen molar-refractivity contribution in [3.8, 4) is 0 Å². The molecule has 0 bridgehead atoms. The van der Waals surface area contributed by atoms with Crippen molar-refractivity contribution in [3.63, 3.8) is 0 Å². The van der Waals surface area contributed by atoms with E-state index in [2.05, 4.69) is 0 Å². The van der Waals surface area contributed by atoms with Crippen molar-refractivity contribution in [3.05, 3.63) is 58.8 Å². The third-order valence-corrected chi connectivity index (χ3v) is 5.06. The zero-order valence-corrected chi connectivity index (χ0v) is 15.0. The van der Waals surface area contributed by atoms with Gasteiger partial charge in [-0.15, -0.1) is 9.35 Å². The van der Waals surface area contributed by atoms with Gasteiger partial charge < -0.3 is 15.3 Å². The van der Waals surface area contributed by atoms with Crippen LogP contribution in [0.1, 0.15) is 20.7 Å². The van der Waals surface area contributed by atoms with Crippen LogP contribution >= 0.6 is 0 Å². The Morgan fingerprint density at radius 3 is 2.07 bits per heavy atom. The van der Waals surface area contributed by atoms with Crippen LogP contribution in [-0.2, 0) is 14.4 Å². The Bertz CT molecular complexity index is 1020. The van der Waals surface area contributed by atoms with Crippen molar-refractivity contribution in [2.45, 2.75) is 4.90 Å². The molecule has 1 heterocycles. The number of imide groups is 1. The van der Waals surface area contributed by atoms with Gasteiger partial charge >= 0.3 is 10.1 Å². The molecule has 0 atom stereocenters. The van der Waals surface area contributed by atoms with Crippen molar-refractivity contribution in [2.75, 3.05) is 24.2 Å². The quantitative estimate of drug-likeness (QED) is 0.592. The van der Waals surface area contributed by atoms with Gasteiger partial charge in [-0.25, -0.2) is 0 Å². The minimum absolute atomic E-state index is 0.0263. The van der Waals surface area contributed by atoms with Crippen molar-refractivity contribution < 1.29 is 27.5 Å². The number of nitrogens with zero attached hydrogens (tertiary/aromatic N) is 3. The van der Waals surface area contributed by atoms with Gasteiger partial charge in [-0.2, -0.15) is 8.42 Å². The fourth-order valence-corrected chi connectivity index (χ4v) is 3.32. The summed E-state index contributed by atoms with van der Waals surface area (Å²) in [4.78, 5) is 26.1. The monoisotopic (exact) mass is 392 g/mol. The molecule has 1 N–H and O–H groups in total. The average Bonchev–Trinajstić information content (AvgIpc) is 2.86. The lowest BCUT2D eigenvalue weighted by molar-refractivity contribution is -0.0103. The molecule has 0 saturated carbocycles. The largest absolute Gasteiger partial charge is 0.733 e. The first-order valence-corrected chi connectivity index (χ1v) is 8.93. The van der Waals surface area contributed by atoms with Gasteiger partial charge in [-0.1, -0.05) is 0 Å². The molecule has 0 aliphatic carbocycles. The number of hydrogen-bond donors (Lipinski definition) is 1. The number of carbonyl (C=O) groups is 2. The lowest BCUT2D eigenvalue weighted by atomic mass is 10.1. The van der Waals surface area contributed by atoms with Gasteiger partial charge in [0.25, 0.3) is 11.8 Å². The summed E-state index contributed by atoms with van der Waals surface area (Å²) in [6, 6.07) is 8.56. The topological polar surface area (TPSA) is 131 Å². The number of carbonyl (C=O) groups excluding carboxylic acids is 2. The smallest absolute Gasteiger partial charge is 0.318 e. The Morgan fingerprint density at radius 1 is 0.963 bits per heavy atom. The van der Waals surface area contributed by atoms with Crippen molar-refractivity contribution in [1.29, 1.82) is 0 Å². The van der Waals surface area contributed by atoms with E-state index in [1.165, 1.54) is 12.1 Å². The van der Waals surface area contributed by atoms with E-state index in [0.717, 1.165) is 24.3 Å². The summed E-state index contributed by atoms with van der Waals surface area (Å²) in [5, 5.41) is 19.3. The number of anilines is 2. The maximum Gasteiger partial charge on any atom is 0.318 e. The summed E-state index contributed by atoms with van der Waals surface area (Å²) in [5.74, 6) is -1.80. The van der Waals surface area contributed by atoms with Crippen LogP contribution in [0.3, 0.4) is 0 Å². The zero-order valence-electron chi connectivity index (χ0n) is 14.2. The summed E-state index contributed by atoms with van der Waals surface area (Å²) < 4.78 is 29.4. The molecule has 2 aromatic rings. The molecule has 0 fully saturated rings. The number of benzene rings is 2. The summed E-state index contributed by atoms with van der Waals surface area (Å²) in [7, 11) is -1.02. The van der Waals surface area contributed by atoms with Crippen LogP contribution in [-0.4, -0.2) is 44.6 Å². The number of fused-ring (bicyclic) bond motifs is 1. The maximum atomic E-state index is 12.5. The van der Waals surface area contributed by atoms with E-state index in [-0.39, 0.29) is 21.9 Å². The summed E-state index contributed by atoms with van der Waals surface area (Å²) in [6.45, 7) is 0. The van der Waals surface area contributed by atoms with E-state index in [0.29, 0.717) is 5.69 Å². The predicted octanol–water partition coefficient (Wildman–Crippen LogP) is 1.36. The number of amides is 2. The average molecular weight is 392 g/mol. The Labute approximate surface area is 154 Å². The van der Waals surface area contributed by atoms with Crippen molar-refractivity contribution in [2.24, 2.45) is 0 Å². The Morgan fingerprint density at radius 2 is 1.52 bits per heavy atom. The van der Waals surface area contributed by atoms with E-state index >= 15 is 0 Å². The lowest BCUT2D eigenvalue weighted by Gasteiger charge is -2.21. The Kier molecular flexibility index (Phi) is 4.61. The van der Waals surface area contributed by atoms with Crippen LogP contribution in [0.4, 0.5) is 11.4 Å². The number of hydrogen-bond acceptors (Lipinski definition) is 9. The van der Waals surface area contributed by atoms with Gasteiger partial charge in [0.15, 0.2) is 0 Å². The highest BCUT2D eigenvalue weighted by Gasteiger charge is 2.40. The van der Waals surface area contributed by atoms with Gasteiger partial charge in [-0.3, -0.25) is 14.8 Å². The second-order valence-corrected chi connectivity index (χ2v) is 7.35. The SMILES string of the molecule is CN(C)c1ccc2c(c1)C(=O)N(OS(=O)(=O)c1ccc(N([O-])O)cc1)C2=O. The molecule has 2 amide bonds. The third-order valence-electron chi connectivity index (χ3n) is 3.87. The zero-order chi connectivity index (χ0) is 19.9. The maximum absolute atomic E-state index is 12.5. The second kappa shape index (κ2) is 6.63. The van der Waals surface area contributed by atoms with Crippen molar-refractivity contribution >= 4 is 33.3 Å². The summed E-state index contributed by atoms with van der Waals surface area (Å²) in [6.07, 6.45) is 0. The van der Waals surface area contributed by atoms with E-state index < -0.39 is 32.1 Å². The highest BCUT2D eigenvalue weighted by molar-refractivity contribution is 7.86. The van der Waals surface area contributed by atoms with Crippen LogP contribution in [0.2, 0.25) is 0 Å². The first-order valence-electron chi connectivity index (χ1n) is 7.53. The highest BCUT2D eigenvalue weighted by Crippen LogP contribution is 2.29. The van der Waals surface area contributed by atoms with Crippen LogP contribution in [0.25, 0.3) is 0 Å². The van der Waals surface area contributed by atoms with Gasteiger partial charge in [0.2, 0.25) is 0 Å². The minimum atomic E-state index is -4.52. The molecule has 0 aromatic heterocycles. The standard InChI is InChI=1S/C16H14N3O7S/c1-17(2)11-5-8-13-14(9-11)16(21)18(15(13)20)26-27(24,25)12-6-3-10(4-7-12)19(22)23/h3-9,22H,1-2H3/q-1. The van der Waals surface area contributed by atoms with Gasteiger partial charge in [0.05, 0.1) is 21.7 Å². The fourth-order valence-electron chi connectivity index (χ4n) is 2.43. The first kappa shape index (κ1) is 18.8. The molecule has 0 saturated heterocycles. The first-order chi connectivity index (χ1) is 12.6. The van der Waals surface area contributed by atoms with Crippen LogP contribution < -0.4 is 10.1 Å². The predicted molar refractivity (Wildman–Crippen MR) is 93.6 cm³/mol. The van der Waals surface area contributed by atoms with Gasteiger partial charge in [-0.05, 0) is 42.5 Å². The Balaban J connectivity index is 1.89. The van der Waals surface area contributed by atoms with Gasteiger partial charge in [0.1, 0.15) is 0 Å². The molecule has 2 aromatic carbocycles. The van der Waals surface area contributed by atoms with Gasteiger partial charge in [0, 0.05) is 19.8 Å². The lowest BCUT2D eigenvalue weighted by Crippen LogP contribution is -2.32. The minimum Gasteiger partial charge on any atom is -0.733 e. The summed E-state index contributed by atoms with van der Waals surface area (Å²) >= 11 is 0. The number of hydroxylamine groups is 2. The molecular formula is C16H14N3O7S-. The second-order valence-electron chi connectivity index (χ2n) is 5.82. The highest BCUT2D eigenvalue weighted by atomic mass is 32.2. The van der Waals surface area contributed by atoms with Crippen LogP contribution in [0.15, 0.2) is 47.4 Å². The Hall–Kier alpha value is -2.99. The molecule has 3 rings (SSSR count). The molecule has 0 unspecified atom stereocenters. The summed E-state index contributed by atoms with van der Waals surface area (Å²) in [5.41, 5.74) is 0.504. The van der Waals surface area contributed by atoms with Crippen LogP contribution in [0.5, 0.6) is 0 Å².